The van der Waals surface area contributed by atoms with Gasteiger partial charge in [-0.3, -0.25) is 4.79 Å². The number of hydrogen-bond acceptors (Lipinski definition) is 6. The highest BCUT2D eigenvalue weighted by atomic mass is 16.6. The fraction of sp³-hybridized carbons (Fsp3) is 0.439. The zero-order chi connectivity index (χ0) is 34.1. The molecule has 3 fully saturated rings. The maximum Gasteiger partial charge on any atom is 0.417 e. The van der Waals surface area contributed by atoms with Crippen LogP contribution in [0, 0.1) is 5.41 Å². The zero-order valence-electron chi connectivity index (χ0n) is 28.8. The normalized spacial score (nSPS) is 23.3. The van der Waals surface area contributed by atoms with Crippen molar-refractivity contribution in [2.24, 2.45) is 5.41 Å². The molecule has 4 aliphatic rings. The second-order valence-corrected chi connectivity index (χ2v) is 15.4. The first-order valence-electron chi connectivity index (χ1n) is 17.7. The Morgan fingerprint density at radius 2 is 1.76 bits per heavy atom. The molecule has 2 amide bonds. The van der Waals surface area contributed by atoms with Gasteiger partial charge in [0.15, 0.2) is 0 Å². The van der Waals surface area contributed by atoms with Crippen LogP contribution in [0.2, 0.25) is 0 Å². The van der Waals surface area contributed by atoms with Gasteiger partial charge in [-0.25, -0.2) is 14.5 Å². The summed E-state index contributed by atoms with van der Waals surface area (Å²) in [5.41, 5.74) is 5.54. The predicted octanol–water partition coefficient (Wildman–Crippen LogP) is 8.40. The van der Waals surface area contributed by atoms with Crippen LogP contribution in [0.3, 0.4) is 0 Å². The molecule has 2 aliphatic heterocycles. The van der Waals surface area contributed by atoms with Gasteiger partial charge in [0.25, 0.3) is 0 Å². The van der Waals surface area contributed by atoms with Gasteiger partial charge in [-0.1, -0.05) is 55.7 Å². The Hall–Kier alpha value is -4.59. The summed E-state index contributed by atoms with van der Waals surface area (Å²) in [4.78, 5) is 43.1. The lowest BCUT2D eigenvalue weighted by Gasteiger charge is -2.26. The van der Waals surface area contributed by atoms with Crippen molar-refractivity contribution >= 4 is 28.9 Å². The molecule has 1 saturated heterocycles. The van der Waals surface area contributed by atoms with Gasteiger partial charge < -0.3 is 18.8 Å². The molecule has 0 spiro atoms. The molecule has 254 valence electrons. The Bertz CT molecular complexity index is 1970. The van der Waals surface area contributed by atoms with E-state index in [1.165, 1.54) is 29.7 Å². The molecule has 2 aliphatic carbocycles. The molecule has 3 unspecified atom stereocenters. The van der Waals surface area contributed by atoms with Crippen molar-refractivity contribution in [3.8, 4) is 17.0 Å². The molecule has 8 nitrogen and oxygen atoms in total. The molecule has 3 aromatic carbocycles. The number of imide groups is 1. The standard InChI is InChI=1S/C41H44N2O6/c1-40(2,3)49-37(44)27-15-17-31-34(20-27)42-24-41(38(45)43-28(23-48-39(43)46)19-25-11-7-5-8-12-25)22-33(41)32-21-29(47-4)16-18-30(32)36(42)35(31)26-13-9-6-10-14-26/h5,7-8,11-12,15-18,20-21,26,28,33H,6,9-10,13-14,19,22-24H2,1-4H3. The number of methoxy groups -OCH3 is 1. The SMILES string of the molecule is COc1ccc2c(c1)C1CC1(C(=O)N1C(=O)OCC1Cc1ccccc1)Cn1c-2c(C2CCCCC2)c2ccc(C(=O)OC(C)(C)C)cc21. The molecule has 4 aromatic rings. The Kier molecular flexibility index (Phi) is 7.61. The van der Waals surface area contributed by atoms with Gasteiger partial charge in [0.1, 0.15) is 18.0 Å². The number of benzene rings is 3. The zero-order valence-corrected chi connectivity index (χ0v) is 28.8. The lowest BCUT2D eigenvalue weighted by molar-refractivity contribution is -0.135. The maximum absolute atomic E-state index is 15.0. The van der Waals surface area contributed by atoms with Crippen LogP contribution in [-0.4, -0.2) is 52.8 Å². The van der Waals surface area contributed by atoms with Crippen LogP contribution >= 0.6 is 0 Å². The number of ether oxygens (including phenoxy) is 3. The van der Waals surface area contributed by atoms with E-state index < -0.39 is 17.1 Å². The number of carbonyl (C=O) groups is 3. The number of fused-ring (bicyclic) bond motifs is 7. The predicted molar refractivity (Wildman–Crippen MR) is 187 cm³/mol. The summed E-state index contributed by atoms with van der Waals surface area (Å²) < 4.78 is 19.4. The highest BCUT2D eigenvalue weighted by Gasteiger charge is 2.65. The molecule has 0 bridgehead atoms. The number of carbonyl (C=O) groups excluding carboxylic acids is 3. The van der Waals surface area contributed by atoms with Gasteiger partial charge in [-0.2, -0.15) is 0 Å². The Labute approximate surface area is 287 Å². The molecule has 2 saturated carbocycles. The quantitative estimate of drug-likeness (QED) is 0.193. The number of esters is 1. The molecule has 0 radical (unpaired) electrons. The summed E-state index contributed by atoms with van der Waals surface area (Å²) >= 11 is 0. The fourth-order valence-corrected chi connectivity index (χ4v) is 8.73. The van der Waals surface area contributed by atoms with Crippen molar-refractivity contribution < 1.29 is 28.6 Å². The van der Waals surface area contributed by atoms with Gasteiger partial charge in [0.05, 0.1) is 29.8 Å². The third-order valence-corrected chi connectivity index (χ3v) is 11.1. The van der Waals surface area contributed by atoms with Gasteiger partial charge in [-0.05, 0) is 99.4 Å². The Balaban J connectivity index is 1.30. The molecule has 8 rings (SSSR count). The molecular weight excluding hydrogens is 616 g/mol. The molecule has 3 heterocycles. The van der Waals surface area contributed by atoms with E-state index in [1.807, 2.05) is 69.3 Å². The van der Waals surface area contributed by atoms with Gasteiger partial charge >= 0.3 is 12.1 Å². The average molecular weight is 661 g/mol. The highest BCUT2D eigenvalue weighted by molar-refractivity contribution is 6.02. The van der Waals surface area contributed by atoms with E-state index in [1.54, 1.807) is 7.11 Å². The minimum atomic E-state index is -0.859. The van der Waals surface area contributed by atoms with E-state index in [2.05, 4.69) is 22.8 Å². The van der Waals surface area contributed by atoms with E-state index in [9.17, 15) is 14.4 Å². The third-order valence-electron chi connectivity index (χ3n) is 11.1. The van der Waals surface area contributed by atoms with Crippen LogP contribution in [-0.2, 0) is 27.2 Å². The van der Waals surface area contributed by atoms with Gasteiger partial charge in [0, 0.05) is 28.9 Å². The van der Waals surface area contributed by atoms with Crippen molar-refractivity contribution in [2.45, 2.75) is 95.7 Å². The molecule has 0 N–H and O–H groups in total. The van der Waals surface area contributed by atoms with Crippen LogP contribution in [0.1, 0.15) is 98.2 Å². The van der Waals surface area contributed by atoms with Crippen molar-refractivity contribution in [1.29, 1.82) is 0 Å². The summed E-state index contributed by atoms with van der Waals surface area (Å²) in [6.45, 7) is 6.18. The summed E-state index contributed by atoms with van der Waals surface area (Å²) in [7, 11) is 1.67. The fourth-order valence-electron chi connectivity index (χ4n) is 8.73. The van der Waals surface area contributed by atoms with Crippen molar-refractivity contribution in [3.05, 3.63) is 89.0 Å². The molecule has 1 aromatic heterocycles. The second kappa shape index (κ2) is 11.8. The smallest absolute Gasteiger partial charge is 0.417 e. The summed E-state index contributed by atoms with van der Waals surface area (Å²) in [6, 6.07) is 21.7. The van der Waals surface area contributed by atoms with Crippen molar-refractivity contribution in [1.82, 2.24) is 9.47 Å². The maximum atomic E-state index is 15.0. The first-order valence-corrected chi connectivity index (χ1v) is 17.7. The highest BCUT2D eigenvalue weighted by Crippen LogP contribution is 2.66. The second-order valence-electron chi connectivity index (χ2n) is 15.4. The molecule has 8 heteroatoms. The van der Waals surface area contributed by atoms with E-state index in [4.69, 9.17) is 14.2 Å². The Morgan fingerprint density at radius 1 is 0.980 bits per heavy atom. The van der Waals surface area contributed by atoms with E-state index in [-0.39, 0.29) is 30.4 Å². The topological polar surface area (TPSA) is 87.1 Å². The van der Waals surface area contributed by atoms with Gasteiger partial charge in [-0.15, -0.1) is 0 Å². The van der Waals surface area contributed by atoms with Crippen LogP contribution in [0.5, 0.6) is 5.75 Å². The molecule has 3 atom stereocenters. The average Bonchev–Trinajstić information content (AvgIpc) is 3.63. The first kappa shape index (κ1) is 31.7. The summed E-state index contributed by atoms with van der Waals surface area (Å²) in [5, 5.41) is 1.11. The minimum Gasteiger partial charge on any atom is -0.497 e. The summed E-state index contributed by atoms with van der Waals surface area (Å²) in [6.07, 6.45) is 6.34. The van der Waals surface area contributed by atoms with Crippen LogP contribution in [0.15, 0.2) is 66.7 Å². The van der Waals surface area contributed by atoms with E-state index >= 15 is 0 Å². The monoisotopic (exact) mass is 660 g/mol. The van der Waals surface area contributed by atoms with Crippen molar-refractivity contribution in [2.75, 3.05) is 13.7 Å². The number of hydrogen-bond donors (Lipinski definition) is 0. The van der Waals surface area contributed by atoms with Crippen LogP contribution in [0.25, 0.3) is 22.2 Å². The largest absolute Gasteiger partial charge is 0.497 e. The lowest BCUT2D eigenvalue weighted by atomic mass is 9.81. The molecular formula is C41H44N2O6. The third kappa shape index (κ3) is 5.40. The first-order chi connectivity index (χ1) is 23.6. The molecule has 49 heavy (non-hydrogen) atoms. The summed E-state index contributed by atoms with van der Waals surface area (Å²) in [5.74, 6) is 0.442. The minimum absolute atomic E-state index is 0.0981. The van der Waals surface area contributed by atoms with E-state index in [0.29, 0.717) is 30.9 Å². The van der Waals surface area contributed by atoms with Gasteiger partial charge in [0.2, 0.25) is 5.91 Å². The Morgan fingerprint density at radius 3 is 2.49 bits per heavy atom. The van der Waals surface area contributed by atoms with Crippen molar-refractivity contribution in [3.63, 3.8) is 0 Å². The lowest BCUT2D eigenvalue weighted by Crippen LogP contribution is -2.46. The van der Waals surface area contributed by atoms with Crippen LogP contribution in [0.4, 0.5) is 4.79 Å². The number of nitrogens with zero attached hydrogens (tertiary/aromatic N) is 2. The number of cyclic esters (lactones) is 1. The number of rotatable bonds is 6. The number of amides is 2. The number of aromatic nitrogens is 1. The van der Waals surface area contributed by atoms with Crippen LogP contribution < -0.4 is 4.74 Å². The van der Waals surface area contributed by atoms with E-state index in [0.717, 1.165) is 51.9 Å².